The van der Waals surface area contributed by atoms with Gasteiger partial charge in [0.15, 0.2) is 4.80 Å². The van der Waals surface area contributed by atoms with Crippen LogP contribution in [0.4, 0.5) is 0 Å². The van der Waals surface area contributed by atoms with Gasteiger partial charge in [0.1, 0.15) is 0 Å². The fourth-order valence-corrected chi connectivity index (χ4v) is 5.00. The third-order valence-electron chi connectivity index (χ3n) is 3.88. The third-order valence-corrected chi connectivity index (χ3v) is 5.96. The van der Waals surface area contributed by atoms with E-state index < -0.39 is 0 Å². The summed E-state index contributed by atoms with van der Waals surface area (Å²) in [5, 5.41) is 0.480. The van der Waals surface area contributed by atoms with Crippen molar-refractivity contribution in [3.8, 4) is 0 Å². The topological polar surface area (TPSA) is 34.4 Å². The second-order valence-electron chi connectivity index (χ2n) is 6.48. The first-order chi connectivity index (χ1) is 11.8. The largest absolute Gasteiger partial charge is 0.319 e. The maximum atomic E-state index is 12.7. The quantitative estimate of drug-likeness (QED) is 0.601. The van der Waals surface area contributed by atoms with Crippen LogP contribution in [0.5, 0.6) is 0 Å². The highest BCUT2D eigenvalue weighted by atomic mass is 32.2. The smallest absolute Gasteiger partial charge is 0.279 e. The molecule has 0 unspecified atom stereocenters. The van der Waals surface area contributed by atoms with Gasteiger partial charge in [-0.1, -0.05) is 37.3 Å². The lowest BCUT2D eigenvalue weighted by molar-refractivity contribution is 0.0997. The molecular formula is C20H22N2OS2. The van der Waals surface area contributed by atoms with E-state index in [0.29, 0.717) is 10.8 Å². The lowest BCUT2D eigenvalue weighted by Gasteiger charge is -2.05. The van der Waals surface area contributed by atoms with Crippen molar-refractivity contribution in [3.63, 3.8) is 0 Å². The van der Waals surface area contributed by atoms with Crippen molar-refractivity contribution in [2.45, 2.75) is 37.8 Å². The number of aryl methyl sites for hydroxylation is 3. The van der Waals surface area contributed by atoms with E-state index in [4.69, 9.17) is 0 Å². The minimum Gasteiger partial charge on any atom is -0.319 e. The molecule has 0 bridgehead atoms. The average molecular weight is 371 g/mol. The zero-order chi connectivity index (χ0) is 18.1. The standard InChI is InChI=1S/C20H22N2OS2/c1-12(2)24-16-8-6-7-15(11-16)19(23)21-20-22(5)18-14(4)9-13(3)10-17(18)25-20/h6-12H,1-5H3. The number of nitrogens with zero attached hydrogens (tertiary/aromatic N) is 2. The van der Waals surface area contributed by atoms with Crippen LogP contribution in [0.25, 0.3) is 10.2 Å². The van der Waals surface area contributed by atoms with E-state index in [2.05, 4.69) is 44.8 Å². The van der Waals surface area contributed by atoms with E-state index in [1.165, 1.54) is 11.1 Å². The lowest BCUT2D eigenvalue weighted by atomic mass is 10.1. The molecule has 0 saturated carbocycles. The van der Waals surface area contributed by atoms with E-state index >= 15 is 0 Å². The second kappa shape index (κ2) is 7.18. The van der Waals surface area contributed by atoms with Crippen molar-refractivity contribution in [2.24, 2.45) is 12.0 Å². The molecule has 0 atom stereocenters. The van der Waals surface area contributed by atoms with Crippen LogP contribution < -0.4 is 4.80 Å². The van der Waals surface area contributed by atoms with Gasteiger partial charge < -0.3 is 4.57 Å². The molecule has 130 valence electrons. The van der Waals surface area contributed by atoms with Crippen molar-refractivity contribution in [1.29, 1.82) is 0 Å². The SMILES string of the molecule is Cc1cc(C)c2c(c1)sc(=NC(=O)c1cccc(SC(C)C)c1)n2C. The molecule has 1 amide bonds. The van der Waals surface area contributed by atoms with Crippen molar-refractivity contribution in [3.05, 3.63) is 57.9 Å². The number of hydrogen-bond acceptors (Lipinski definition) is 3. The number of fused-ring (bicyclic) bond motifs is 1. The summed E-state index contributed by atoms with van der Waals surface area (Å²) in [6.07, 6.45) is 0. The highest BCUT2D eigenvalue weighted by molar-refractivity contribution is 7.99. The number of amides is 1. The molecule has 3 rings (SSSR count). The summed E-state index contributed by atoms with van der Waals surface area (Å²) < 4.78 is 3.18. The number of thioether (sulfide) groups is 1. The van der Waals surface area contributed by atoms with Crippen LogP contribution in [0.2, 0.25) is 0 Å². The number of benzene rings is 2. The molecule has 0 aliphatic heterocycles. The molecule has 0 aliphatic carbocycles. The molecule has 0 saturated heterocycles. The Kier molecular flexibility index (Phi) is 5.16. The van der Waals surface area contributed by atoms with Crippen molar-refractivity contribution in [1.82, 2.24) is 4.57 Å². The first-order valence-corrected chi connectivity index (χ1v) is 9.97. The van der Waals surface area contributed by atoms with Crippen LogP contribution >= 0.6 is 23.1 Å². The molecule has 25 heavy (non-hydrogen) atoms. The van der Waals surface area contributed by atoms with Crippen LogP contribution in [0, 0.1) is 13.8 Å². The Hall–Kier alpha value is -1.85. The highest BCUT2D eigenvalue weighted by Crippen LogP contribution is 2.24. The van der Waals surface area contributed by atoms with Gasteiger partial charge in [-0.05, 0) is 49.2 Å². The Morgan fingerprint density at radius 3 is 2.68 bits per heavy atom. The Morgan fingerprint density at radius 1 is 1.20 bits per heavy atom. The summed E-state index contributed by atoms with van der Waals surface area (Å²) >= 11 is 3.31. The Labute approximate surface area is 156 Å². The highest BCUT2D eigenvalue weighted by Gasteiger charge is 2.10. The van der Waals surface area contributed by atoms with Gasteiger partial charge in [0, 0.05) is 22.8 Å². The molecule has 3 nitrogen and oxygen atoms in total. The summed E-state index contributed by atoms with van der Waals surface area (Å²) in [6, 6.07) is 12.0. The van der Waals surface area contributed by atoms with E-state index in [9.17, 15) is 4.79 Å². The van der Waals surface area contributed by atoms with Gasteiger partial charge in [0.2, 0.25) is 0 Å². The predicted molar refractivity (Wildman–Crippen MR) is 108 cm³/mol. The molecule has 1 heterocycles. The van der Waals surface area contributed by atoms with Gasteiger partial charge in [-0.15, -0.1) is 11.8 Å². The lowest BCUT2D eigenvalue weighted by Crippen LogP contribution is -2.13. The fourth-order valence-electron chi connectivity index (χ4n) is 2.91. The maximum absolute atomic E-state index is 12.7. The van der Waals surface area contributed by atoms with Gasteiger partial charge in [-0.3, -0.25) is 4.79 Å². The zero-order valence-electron chi connectivity index (χ0n) is 15.2. The van der Waals surface area contributed by atoms with Gasteiger partial charge in [0.25, 0.3) is 5.91 Å². The summed E-state index contributed by atoms with van der Waals surface area (Å²) in [7, 11) is 1.97. The molecule has 0 fully saturated rings. The Bertz CT molecular complexity index is 1010. The molecule has 5 heteroatoms. The first-order valence-electron chi connectivity index (χ1n) is 8.27. The van der Waals surface area contributed by atoms with Gasteiger partial charge in [-0.25, -0.2) is 0 Å². The number of thiazole rings is 1. The van der Waals surface area contributed by atoms with E-state index in [-0.39, 0.29) is 5.91 Å². The Balaban J connectivity index is 2.03. The van der Waals surface area contributed by atoms with E-state index in [0.717, 1.165) is 19.9 Å². The molecule has 3 aromatic rings. The van der Waals surface area contributed by atoms with Crippen LogP contribution in [0.15, 0.2) is 46.3 Å². The molecule has 0 N–H and O–H groups in total. The van der Waals surface area contributed by atoms with E-state index in [1.54, 1.807) is 23.1 Å². The monoisotopic (exact) mass is 370 g/mol. The normalized spacial score (nSPS) is 12.3. The summed E-state index contributed by atoms with van der Waals surface area (Å²) in [5.74, 6) is -0.192. The third kappa shape index (κ3) is 3.88. The van der Waals surface area contributed by atoms with Crippen LogP contribution in [-0.2, 0) is 7.05 Å². The molecular weight excluding hydrogens is 348 g/mol. The number of carbonyl (C=O) groups is 1. The molecule has 2 aromatic carbocycles. The summed E-state index contributed by atoms with van der Waals surface area (Å²) in [6.45, 7) is 8.47. The Morgan fingerprint density at radius 2 is 1.96 bits per heavy atom. The first kappa shape index (κ1) is 18.0. The predicted octanol–water partition coefficient (Wildman–Crippen LogP) is 5.10. The molecule has 0 radical (unpaired) electrons. The van der Waals surface area contributed by atoms with Crippen molar-refractivity contribution >= 4 is 39.2 Å². The van der Waals surface area contributed by atoms with Crippen molar-refractivity contribution in [2.75, 3.05) is 0 Å². The van der Waals surface area contributed by atoms with Gasteiger partial charge in [-0.2, -0.15) is 4.99 Å². The molecule has 0 aliphatic rings. The minimum atomic E-state index is -0.192. The fraction of sp³-hybridized carbons (Fsp3) is 0.300. The van der Waals surface area contributed by atoms with Crippen LogP contribution in [0.1, 0.15) is 35.3 Å². The maximum Gasteiger partial charge on any atom is 0.279 e. The number of rotatable bonds is 3. The minimum absolute atomic E-state index is 0.192. The molecule has 0 spiro atoms. The number of hydrogen-bond donors (Lipinski definition) is 0. The van der Waals surface area contributed by atoms with E-state index in [1.807, 2.05) is 35.9 Å². The van der Waals surface area contributed by atoms with Crippen LogP contribution in [-0.4, -0.2) is 15.7 Å². The van der Waals surface area contributed by atoms with Gasteiger partial charge >= 0.3 is 0 Å². The zero-order valence-corrected chi connectivity index (χ0v) is 16.8. The number of aromatic nitrogens is 1. The van der Waals surface area contributed by atoms with Crippen LogP contribution in [0.3, 0.4) is 0 Å². The average Bonchev–Trinajstić information content (AvgIpc) is 2.82. The molecule has 1 aromatic heterocycles. The van der Waals surface area contributed by atoms with Crippen molar-refractivity contribution < 1.29 is 4.79 Å². The summed E-state index contributed by atoms with van der Waals surface area (Å²) in [5.41, 5.74) is 4.21. The second-order valence-corrected chi connectivity index (χ2v) is 9.14. The number of carbonyl (C=O) groups excluding carboxylic acids is 1. The summed E-state index contributed by atoms with van der Waals surface area (Å²) in [4.78, 5) is 18.9. The van der Waals surface area contributed by atoms with Gasteiger partial charge in [0.05, 0.1) is 10.2 Å².